The van der Waals surface area contributed by atoms with E-state index in [0.29, 0.717) is 0 Å². The molecule has 15 heavy (non-hydrogen) atoms. The fourth-order valence-electron chi connectivity index (χ4n) is 0.865. The Morgan fingerprint density at radius 1 is 1.07 bits per heavy atom. The van der Waals surface area contributed by atoms with Crippen LogP contribution in [0.15, 0.2) is 34.1 Å². The van der Waals surface area contributed by atoms with Gasteiger partial charge in [0.15, 0.2) is 9.84 Å². The molecule has 1 rings (SSSR count). The molecule has 0 aliphatic heterocycles. The van der Waals surface area contributed by atoms with Crippen LogP contribution in [0.2, 0.25) is 0 Å². The zero-order valence-electron chi connectivity index (χ0n) is 7.61. The van der Waals surface area contributed by atoms with Gasteiger partial charge >= 0.3 is 0 Å². The maximum Gasteiger partial charge on any atom is 0.294 e. The predicted octanol–water partition coefficient (Wildman–Crippen LogP) is 0.759. The lowest BCUT2D eigenvalue weighted by atomic mass is 10.4. The second-order valence-electron chi connectivity index (χ2n) is 2.72. The van der Waals surface area contributed by atoms with Crippen LogP contribution in [0.3, 0.4) is 0 Å². The molecule has 5 nitrogen and oxygen atoms in total. The van der Waals surface area contributed by atoms with Crippen molar-refractivity contribution in [2.75, 3.05) is 6.26 Å². The average molecular weight is 273 g/mol. The summed E-state index contributed by atoms with van der Waals surface area (Å²) in [5, 5.41) is 0. The van der Waals surface area contributed by atoms with Crippen LogP contribution in [-0.2, 0) is 20.0 Å². The summed E-state index contributed by atoms with van der Waals surface area (Å²) in [5.74, 6) is 0. The molecule has 0 heterocycles. The Balaban J connectivity index is 0.00000196. The van der Waals surface area contributed by atoms with Crippen molar-refractivity contribution in [3.05, 3.63) is 24.3 Å². The molecule has 8 heteroatoms. The lowest BCUT2D eigenvalue weighted by Crippen LogP contribution is -2.02. The number of hydrogen-bond donors (Lipinski definition) is 1. The molecule has 1 N–H and O–H groups in total. The Bertz CT molecular complexity index is 499. The third kappa shape index (κ3) is 3.78. The topological polar surface area (TPSA) is 88.5 Å². The molecule has 0 amide bonds. The van der Waals surface area contributed by atoms with Crippen LogP contribution < -0.4 is 0 Å². The molecule has 0 bridgehead atoms. The summed E-state index contributed by atoms with van der Waals surface area (Å²) in [5.41, 5.74) is 0. The van der Waals surface area contributed by atoms with Gasteiger partial charge in [0.05, 0.1) is 9.79 Å². The van der Waals surface area contributed by atoms with Crippen LogP contribution in [0.4, 0.5) is 0 Å². The quantitative estimate of drug-likeness (QED) is 0.803. The second-order valence-corrected chi connectivity index (χ2v) is 6.16. The van der Waals surface area contributed by atoms with Gasteiger partial charge in [0.25, 0.3) is 10.1 Å². The molecule has 0 radical (unpaired) electrons. The van der Waals surface area contributed by atoms with Gasteiger partial charge in [0.2, 0.25) is 0 Å². The smallest absolute Gasteiger partial charge is 0.282 e. The Morgan fingerprint density at radius 3 is 1.93 bits per heavy atom. The Morgan fingerprint density at radius 2 is 1.53 bits per heavy atom. The zero-order valence-corrected chi connectivity index (χ0v) is 10.1. The molecule has 0 atom stereocenters. The zero-order chi connectivity index (χ0) is 11.0. The molecular weight excluding hydrogens is 264 g/mol. The summed E-state index contributed by atoms with van der Waals surface area (Å²) < 4.78 is 52.1. The van der Waals surface area contributed by atoms with Gasteiger partial charge in [0.1, 0.15) is 0 Å². The number of benzene rings is 1. The van der Waals surface area contributed by atoms with E-state index >= 15 is 0 Å². The maximum atomic E-state index is 11.0. The molecule has 0 aliphatic rings. The van der Waals surface area contributed by atoms with Crippen molar-refractivity contribution in [2.45, 2.75) is 9.79 Å². The summed E-state index contributed by atoms with van der Waals surface area (Å²) in [6.07, 6.45) is 0.954. The normalized spacial score (nSPS) is 11.9. The van der Waals surface area contributed by atoms with Crippen LogP contribution in [0.25, 0.3) is 0 Å². The summed E-state index contributed by atoms with van der Waals surface area (Å²) in [4.78, 5) is -0.576. The van der Waals surface area contributed by atoms with E-state index in [9.17, 15) is 16.8 Å². The predicted molar refractivity (Wildman–Crippen MR) is 56.6 cm³/mol. The van der Waals surface area contributed by atoms with Crippen molar-refractivity contribution < 1.29 is 21.4 Å². The first kappa shape index (κ1) is 14.4. The Hall–Kier alpha value is -0.630. The molecule has 1 aromatic rings. The van der Waals surface area contributed by atoms with Gasteiger partial charge in [0, 0.05) is 6.26 Å². The van der Waals surface area contributed by atoms with E-state index in [1.807, 2.05) is 0 Å². The van der Waals surface area contributed by atoms with E-state index < -0.39 is 24.9 Å². The van der Waals surface area contributed by atoms with Crippen LogP contribution in [0.5, 0.6) is 0 Å². The third-order valence-electron chi connectivity index (χ3n) is 1.53. The molecule has 0 spiro atoms. The van der Waals surface area contributed by atoms with Gasteiger partial charge in [-0.2, -0.15) is 8.42 Å². The van der Waals surface area contributed by atoms with E-state index in [1.165, 1.54) is 12.1 Å². The fraction of sp³-hybridized carbons (Fsp3) is 0.143. The van der Waals surface area contributed by atoms with Crippen LogP contribution in [-0.4, -0.2) is 27.6 Å². The minimum Gasteiger partial charge on any atom is -0.282 e. The van der Waals surface area contributed by atoms with Gasteiger partial charge in [-0.1, -0.05) is 6.07 Å². The fourth-order valence-corrected chi connectivity index (χ4v) is 2.13. The maximum absolute atomic E-state index is 11.0. The van der Waals surface area contributed by atoms with Crippen molar-refractivity contribution in [2.24, 2.45) is 0 Å². The van der Waals surface area contributed by atoms with Crippen LogP contribution in [0.1, 0.15) is 0 Å². The van der Waals surface area contributed by atoms with E-state index in [-0.39, 0.29) is 17.3 Å². The monoisotopic (exact) mass is 272 g/mol. The van der Waals surface area contributed by atoms with Crippen molar-refractivity contribution >= 4 is 32.4 Å². The molecule has 86 valence electrons. The largest absolute Gasteiger partial charge is 0.294 e. The van der Waals surface area contributed by atoms with Gasteiger partial charge in [-0.05, 0) is 18.2 Å². The number of rotatable bonds is 2. The van der Waals surface area contributed by atoms with Crippen molar-refractivity contribution in [3.63, 3.8) is 0 Å². The van der Waals surface area contributed by atoms with E-state index in [4.69, 9.17) is 4.55 Å². The van der Waals surface area contributed by atoms with E-state index in [1.54, 1.807) is 0 Å². The standard InChI is InChI=1S/C7H8O5S2.ClH/c1-13(8,9)6-3-2-4-7(5-6)14(10,11)12;/h2-5H,1H3,(H,10,11,12);1H. The van der Waals surface area contributed by atoms with E-state index in [0.717, 1.165) is 18.4 Å². The highest BCUT2D eigenvalue weighted by atomic mass is 35.5. The van der Waals surface area contributed by atoms with Gasteiger partial charge in [-0.3, -0.25) is 4.55 Å². The minimum absolute atomic E-state index is 0. The van der Waals surface area contributed by atoms with Gasteiger partial charge in [-0.15, -0.1) is 12.4 Å². The molecular formula is C7H9ClO5S2. The Kier molecular flexibility index (Phi) is 4.29. The van der Waals surface area contributed by atoms with Gasteiger partial charge < -0.3 is 0 Å². The lowest BCUT2D eigenvalue weighted by Gasteiger charge is -2.00. The molecule has 1 aromatic carbocycles. The average Bonchev–Trinajstić information content (AvgIpc) is 2.01. The molecule has 0 fully saturated rings. The van der Waals surface area contributed by atoms with Crippen molar-refractivity contribution in [1.82, 2.24) is 0 Å². The van der Waals surface area contributed by atoms with Crippen molar-refractivity contribution in [1.29, 1.82) is 0 Å². The lowest BCUT2D eigenvalue weighted by molar-refractivity contribution is 0.483. The first-order valence-corrected chi connectivity index (χ1v) is 6.82. The summed E-state index contributed by atoms with van der Waals surface area (Å²) in [6, 6.07) is 4.53. The van der Waals surface area contributed by atoms with E-state index in [2.05, 4.69) is 0 Å². The minimum atomic E-state index is -4.35. The number of sulfone groups is 1. The Labute approximate surface area is 94.2 Å². The molecule has 0 saturated heterocycles. The van der Waals surface area contributed by atoms with Gasteiger partial charge in [-0.25, -0.2) is 8.42 Å². The highest BCUT2D eigenvalue weighted by Crippen LogP contribution is 2.14. The highest BCUT2D eigenvalue weighted by molar-refractivity contribution is 7.90. The molecule has 0 aliphatic carbocycles. The number of hydrogen-bond acceptors (Lipinski definition) is 4. The SMILES string of the molecule is CS(=O)(=O)c1cccc(S(=O)(=O)O)c1.Cl. The number of halogens is 1. The summed E-state index contributed by atoms with van der Waals surface area (Å²) in [6.45, 7) is 0. The molecule has 0 saturated carbocycles. The molecule has 0 unspecified atom stereocenters. The summed E-state index contributed by atoms with van der Waals surface area (Å²) in [7, 11) is -7.81. The van der Waals surface area contributed by atoms with Crippen LogP contribution >= 0.6 is 12.4 Å². The summed E-state index contributed by atoms with van der Waals surface area (Å²) >= 11 is 0. The first-order valence-electron chi connectivity index (χ1n) is 3.49. The van der Waals surface area contributed by atoms with Crippen LogP contribution in [0, 0.1) is 0 Å². The highest BCUT2D eigenvalue weighted by Gasteiger charge is 2.13. The van der Waals surface area contributed by atoms with Crippen molar-refractivity contribution in [3.8, 4) is 0 Å². The molecule has 0 aromatic heterocycles. The second kappa shape index (κ2) is 4.48. The third-order valence-corrected chi connectivity index (χ3v) is 3.49. The first-order chi connectivity index (χ1) is 6.21.